The first kappa shape index (κ1) is 18.6. The van der Waals surface area contributed by atoms with Gasteiger partial charge in [-0.05, 0) is 35.9 Å². The molecule has 144 valence electrons. The van der Waals surface area contributed by atoms with Crippen LogP contribution in [0.5, 0.6) is 0 Å². The second kappa shape index (κ2) is 8.10. The van der Waals surface area contributed by atoms with Crippen LogP contribution in [0.3, 0.4) is 0 Å². The van der Waals surface area contributed by atoms with Crippen LogP contribution in [0, 0.1) is 0 Å². The lowest BCUT2D eigenvalue weighted by Crippen LogP contribution is -2.31. The summed E-state index contributed by atoms with van der Waals surface area (Å²) < 4.78 is 0. The predicted octanol–water partition coefficient (Wildman–Crippen LogP) is 4.19. The van der Waals surface area contributed by atoms with Crippen molar-refractivity contribution in [2.24, 2.45) is 0 Å². The molecule has 1 heterocycles. The highest BCUT2D eigenvalue weighted by atomic mass is 16.2. The van der Waals surface area contributed by atoms with E-state index in [0.29, 0.717) is 17.8 Å². The fraction of sp³-hybridized carbons (Fsp3) is 0.125. The van der Waals surface area contributed by atoms with Gasteiger partial charge in [-0.3, -0.25) is 19.3 Å². The van der Waals surface area contributed by atoms with Crippen molar-refractivity contribution in [1.29, 1.82) is 0 Å². The molecular weight excluding hydrogens is 364 g/mol. The molecule has 0 N–H and O–H groups in total. The zero-order chi connectivity index (χ0) is 20.2. The van der Waals surface area contributed by atoms with Crippen LogP contribution >= 0.6 is 0 Å². The van der Waals surface area contributed by atoms with E-state index >= 15 is 0 Å². The quantitative estimate of drug-likeness (QED) is 0.620. The third-order valence-corrected chi connectivity index (χ3v) is 4.90. The summed E-state index contributed by atoms with van der Waals surface area (Å²) in [5.74, 6) is -0.659. The topological polar surface area (TPSA) is 57.7 Å². The van der Waals surface area contributed by atoms with Crippen molar-refractivity contribution in [2.45, 2.75) is 19.4 Å². The number of hydrogen-bond donors (Lipinski definition) is 0. The molecule has 1 fully saturated rings. The average molecular weight is 384 g/mol. The van der Waals surface area contributed by atoms with Gasteiger partial charge in [-0.1, -0.05) is 54.6 Å². The van der Waals surface area contributed by atoms with E-state index in [1.807, 2.05) is 60.7 Å². The van der Waals surface area contributed by atoms with Gasteiger partial charge in [-0.2, -0.15) is 0 Å². The molecule has 29 heavy (non-hydrogen) atoms. The number of hydrogen-bond acceptors (Lipinski definition) is 3. The maximum Gasteiger partial charge on any atom is 0.258 e. The van der Waals surface area contributed by atoms with Crippen LogP contribution in [0.4, 0.5) is 11.4 Å². The molecule has 4 rings (SSSR count). The Kier molecular flexibility index (Phi) is 5.20. The van der Waals surface area contributed by atoms with Crippen LogP contribution in [0.1, 0.15) is 28.8 Å². The SMILES string of the molecule is O=C(c1cccc(N2C(=O)CCC2=O)c1)N(Cc1ccccc1)c1ccccc1. The fourth-order valence-electron chi connectivity index (χ4n) is 3.45. The number of carbonyl (C=O) groups is 3. The van der Waals surface area contributed by atoms with Gasteiger partial charge in [0.2, 0.25) is 11.8 Å². The molecular formula is C24H20N2O3. The van der Waals surface area contributed by atoms with E-state index in [2.05, 4.69) is 0 Å². The molecule has 0 aliphatic carbocycles. The summed E-state index contributed by atoms with van der Waals surface area (Å²) in [4.78, 5) is 40.4. The van der Waals surface area contributed by atoms with Crippen molar-refractivity contribution >= 4 is 29.1 Å². The zero-order valence-electron chi connectivity index (χ0n) is 15.8. The highest BCUT2D eigenvalue weighted by Gasteiger charge is 2.31. The molecule has 3 amide bonds. The molecule has 0 radical (unpaired) electrons. The van der Waals surface area contributed by atoms with E-state index in [-0.39, 0.29) is 30.6 Å². The van der Waals surface area contributed by atoms with Crippen LogP contribution in [-0.4, -0.2) is 17.7 Å². The number of rotatable bonds is 5. The van der Waals surface area contributed by atoms with E-state index in [9.17, 15) is 14.4 Å². The van der Waals surface area contributed by atoms with Crippen molar-refractivity contribution in [2.75, 3.05) is 9.80 Å². The number of benzene rings is 3. The molecule has 0 aromatic heterocycles. The van der Waals surface area contributed by atoms with E-state index in [1.165, 1.54) is 4.90 Å². The number of anilines is 2. The first-order valence-electron chi connectivity index (χ1n) is 9.50. The number of nitrogens with zero attached hydrogens (tertiary/aromatic N) is 2. The van der Waals surface area contributed by atoms with E-state index in [1.54, 1.807) is 29.2 Å². The Bertz CT molecular complexity index is 1030. The molecule has 5 nitrogen and oxygen atoms in total. The van der Waals surface area contributed by atoms with Gasteiger partial charge in [-0.15, -0.1) is 0 Å². The molecule has 3 aromatic carbocycles. The van der Waals surface area contributed by atoms with Gasteiger partial charge in [0.05, 0.1) is 12.2 Å². The standard InChI is InChI=1S/C24H20N2O3/c27-22-14-15-23(28)26(22)21-13-7-10-19(16-21)24(29)25(20-11-5-2-6-12-20)17-18-8-3-1-4-9-18/h1-13,16H,14-15,17H2. The van der Waals surface area contributed by atoms with Crippen molar-refractivity contribution in [3.63, 3.8) is 0 Å². The molecule has 3 aromatic rings. The van der Waals surface area contributed by atoms with Crippen molar-refractivity contribution in [3.05, 3.63) is 96.1 Å². The molecule has 0 bridgehead atoms. The zero-order valence-corrected chi connectivity index (χ0v) is 15.8. The van der Waals surface area contributed by atoms with Crippen molar-refractivity contribution < 1.29 is 14.4 Å². The first-order chi connectivity index (χ1) is 14.1. The summed E-state index contributed by atoms with van der Waals surface area (Å²) in [7, 11) is 0. The Balaban J connectivity index is 1.68. The van der Waals surface area contributed by atoms with Crippen molar-refractivity contribution in [3.8, 4) is 0 Å². The van der Waals surface area contributed by atoms with Gasteiger partial charge in [0.15, 0.2) is 0 Å². The Labute approximate surface area is 169 Å². The Morgan fingerprint density at radius 2 is 1.41 bits per heavy atom. The Morgan fingerprint density at radius 3 is 2.07 bits per heavy atom. The molecule has 1 aliphatic heterocycles. The van der Waals surface area contributed by atoms with Crippen molar-refractivity contribution in [1.82, 2.24) is 0 Å². The molecule has 1 saturated heterocycles. The molecule has 0 saturated carbocycles. The van der Waals surface area contributed by atoms with Crippen LogP contribution in [-0.2, 0) is 16.1 Å². The largest absolute Gasteiger partial charge is 0.304 e. The summed E-state index contributed by atoms with van der Waals surface area (Å²) in [5.41, 5.74) is 2.65. The lowest BCUT2D eigenvalue weighted by molar-refractivity contribution is -0.121. The lowest BCUT2D eigenvalue weighted by Gasteiger charge is -2.24. The van der Waals surface area contributed by atoms with Gasteiger partial charge in [0.1, 0.15) is 0 Å². The number of imide groups is 1. The first-order valence-corrected chi connectivity index (χ1v) is 9.50. The number of para-hydroxylation sites is 1. The summed E-state index contributed by atoms with van der Waals surface area (Å²) in [6.45, 7) is 0.412. The summed E-state index contributed by atoms with van der Waals surface area (Å²) in [6.07, 6.45) is 0.419. The third-order valence-electron chi connectivity index (χ3n) is 4.90. The van der Waals surface area contributed by atoms with E-state index < -0.39 is 0 Å². The molecule has 0 unspecified atom stereocenters. The van der Waals surface area contributed by atoms with Crippen LogP contribution in [0.15, 0.2) is 84.9 Å². The minimum absolute atomic E-state index is 0.194. The number of amides is 3. The second-order valence-electron chi connectivity index (χ2n) is 6.89. The molecule has 0 atom stereocenters. The van der Waals surface area contributed by atoms with E-state index in [0.717, 1.165) is 11.3 Å². The van der Waals surface area contributed by atoms with Gasteiger partial charge in [0, 0.05) is 24.1 Å². The summed E-state index contributed by atoms with van der Waals surface area (Å²) in [6, 6.07) is 25.9. The lowest BCUT2D eigenvalue weighted by atomic mass is 10.1. The summed E-state index contributed by atoms with van der Waals surface area (Å²) >= 11 is 0. The molecule has 1 aliphatic rings. The fourth-order valence-corrected chi connectivity index (χ4v) is 3.45. The van der Waals surface area contributed by atoms with Crippen LogP contribution in [0.25, 0.3) is 0 Å². The Hall–Kier alpha value is -3.73. The summed E-state index contributed by atoms with van der Waals surface area (Å²) in [5, 5.41) is 0. The van der Waals surface area contributed by atoms with Gasteiger partial charge < -0.3 is 4.90 Å². The maximum atomic E-state index is 13.4. The second-order valence-corrected chi connectivity index (χ2v) is 6.89. The normalized spacial score (nSPS) is 13.6. The monoisotopic (exact) mass is 384 g/mol. The average Bonchev–Trinajstić information content (AvgIpc) is 3.11. The predicted molar refractivity (Wildman–Crippen MR) is 112 cm³/mol. The molecule has 0 spiro atoms. The Morgan fingerprint density at radius 1 is 0.793 bits per heavy atom. The minimum Gasteiger partial charge on any atom is -0.304 e. The molecule has 5 heteroatoms. The van der Waals surface area contributed by atoms with Gasteiger partial charge in [-0.25, -0.2) is 0 Å². The highest BCUT2D eigenvalue weighted by Crippen LogP contribution is 2.26. The highest BCUT2D eigenvalue weighted by molar-refractivity contribution is 6.20. The van der Waals surface area contributed by atoms with Crippen LogP contribution in [0.2, 0.25) is 0 Å². The van der Waals surface area contributed by atoms with Gasteiger partial charge in [0.25, 0.3) is 5.91 Å². The van der Waals surface area contributed by atoms with Crippen LogP contribution < -0.4 is 9.80 Å². The van der Waals surface area contributed by atoms with Gasteiger partial charge >= 0.3 is 0 Å². The third kappa shape index (κ3) is 3.94. The van der Waals surface area contributed by atoms with E-state index in [4.69, 9.17) is 0 Å². The minimum atomic E-state index is -0.233. The maximum absolute atomic E-state index is 13.4. The smallest absolute Gasteiger partial charge is 0.258 e. The number of carbonyl (C=O) groups excluding carboxylic acids is 3.